The van der Waals surface area contributed by atoms with Crippen molar-refractivity contribution in [1.82, 2.24) is 4.98 Å². The standard InChI is InChI=1S/C18H18N2O4S2/c1-3-15-12(2)25-18(19-15)20-17(21)16-13(9-10-24-16)11-26(22,23)14-7-5-4-6-8-14/h4-10H,3,11H2,1-2H3,(H,19,20,21). The quantitative estimate of drug-likeness (QED) is 0.691. The van der Waals surface area contributed by atoms with Gasteiger partial charge in [-0.2, -0.15) is 0 Å². The molecule has 6 nitrogen and oxygen atoms in total. The van der Waals surface area contributed by atoms with Crippen molar-refractivity contribution in [3.05, 3.63) is 64.6 Å². The van der Waals surface area contributed by atoms with Crippen molar-refractivity contribution in [2.75, 3.05) is 5.32 Å². The van der Waals surface area contributed by atoms with Crippen LogP contribution in [0.5, 0.6) is 0 Å². The lowest BCUT2D eigenvalue weighted by atomic mass is 10.3. The second kappa shape index (κ2) is 7.43. The van der Waals surface area contributed by atoms with Crippen LogP contribution in [0, 0.1) is 6.92 Å². The molecule has 0 fully saturated rings. The summed E-state index contributed by atoms with van der Waals surface area (Å²) in [4.78, 5) is 18.1. The Morgan fingerprint density at radius 2 is 1.96 bits per heavy atom. The molecule has 1 N–H and O–H groups in total. The molecule has 136 valence electrons. The second-order valence-corrected chi connectivity index (χ2v) is 8.87. The molecular formula is C18H18N2O4S2. The van der Waals surface area contributed by atoms with Gasteiger partial charge in [0.15, 0.2) is 20.7 Å². The lowest BCUT2D eigenvalue weighted by Gasteiger charge is -2.05. The third-order valence-corrected chi connectivity index (χ3v) is 6.46. The number of anilines is 1. The van der Waals surface area contributed by atoms with E-state index in [2.05, 4.69) is 10.3 Å². The SMILES string of the molecule is CCc1nc(NC(=O)c2occc2CS(=O)(=O)c2ccccc2)sc1C. The van der Waals surface area contributed by atoms with Gasteiger partial charge in [-0.15, -0.1) is 11.3 Å². The smallest absolute Gasteiger partial charge is 0.293 e. The average molecular weight is 390 g/mol. The number of aromatic nitrogens is 1. The molecule has 26 heavy (non-hydrogen) atoms. The summed E-state index contributed by atoms with van der Waals surface area (Å²) in [6.45, 7) is 3.93. The van der Waals surface area contributed by atoms with Gasteiger partial charge in [0, 0.05) is 10.4 Å². The number of sulfone groups is 1. The molecule has 1 amide bonds. The summed E-state index contributed by atoms with van der Waals surface area (Å²) in [6, 6.07) is 9.62. The Kier molecular flexibility index (Phi) is 5.24. The van der Waals surface area contributed by atoms with E-state index in [1.165, 1.54) is 35.8 Å². The highest BCUT2D eigenvalue weighted by atomic mass is 32.2. The van der Waals surface area contributed by atoms with Crippen LogP contribution < -0.4 is 5.32 Å². The van der Waals surface area contributed by atoms with Crippen molar-refractivity contribution in [2.24, 2.45) is 0 Å². The van der Waals surface area contributed by atoms with Crippen molar-refractivity contribution in [3.63, 3.8) is 0 Å². The van der Waals surface area contributed by atoms with E-state index in [9.17, 15) is 13.2 Å². The average Bonchev–Trinajstić information content (AvgIpc) is 3.21. The molecule has 0 aliphatic carbocycles. The maximum Gasteiger partial charge on any atom is 0.293 e. The molecule has 0 aliphatic heterocycles. The van der Waals surface area contributed by atoms with Crippen LogP contribution >= 0.6 is 11.3 Å². The summed E-state index contributed by atoms with van der Waals surface area (Å²) in [5.74, 6) is -0.840. The second-order valence-electron chi connectivity index (χ2n) is 5.68. The van der Waals surface area contributed by atoms with Crippen molar-refractivity contribution in [3.8, 4) is 0 Å². The molecule has 3 rings (SSSR count). The monoisotopic (exact) mass is 390 g/mol. The van der Waals surface area contributed by atoms with Gasteiger partial charge in [0.05, 0.1) is 22.6 Å². The minimum Gasteiger partial charge on any atom is -0.459 e. The summed E-state index contributed by atoms with van der Waals surface area (Å²) >= 11 is 1.38. The zero-order chi connectivity index (χ0) is 18.7. The van der Waals surface area contributed by atoms with Gasteiger partial charge >= 0.3 is 0 Å². The van der Waals surface area contributed by atoms with Crippen LogP contribution in [-0.2, 0) is 22.0 Å². The molecule has 0 bridgehead atoms. The fraction of sp³-hybridized carbons (Fsp3) is 0.222. The molecule has 0 saturated heterocycles. The summed E-state index contributed by atoms with van der Waals surface area (Å²) in [7, 11) is -3.57. The van der Waals surface area contributed by atoms with E-state index >= 15 is 0 Å². The van der Waals surface area contributed by atoms with Crippen molar-refractivity contribution in [2.45, 2.75) is 30.9 Å². The van der Waals surface area contributed by atoms with Gasteiger partial charge in [0.25, 0.3) is 5.91 Å². The van der Waals surface area contributed by atoms with E-state index in [0.717, 1.165) is 17.0 Å². The van der Waals surface area contributed by atoms with Gasteiger partial charge in [0.1, 0.15) is 0 Å². The first-order valence-electron chi connectivity index (χ1n) is 8.02. The first kappa shape index (κ1) is 18.3. The highest BCUT2D eigenvalue weighted by molar-refractivity contribution is 7.90. The maximum atomic E-state index is 12.5. The molecule has 0 saturated carbocycles. The molecule has 0 aliphatic rings. The number of furan rings is 1. The van der Waals surface area contributed by atoms with Crippen molar-refractivity contribution in [1.29, 1.82) is 0 Å². The number of amides is 1. The molecular weight excluding hydrogens is 372 g/mol. The normalized spacial score (nSPS) is 11.5. The molecule has 1 aromatic carbocycles. The first-order chi connectivity index (χ1) is 12.4. The zero-order valence-corrected chi connectivity index (χ0v) is 16.0. The number of rotatable bonds is 6. The fourth-order valence-electron chi connectivity index (χ4n) is 2.53. The lowest BCUT2D eigenvalue weighted by Crippen LogP contribution is -2.14. The number of carbonyl (C=O) groups is 1. The Morgan fingerprint density at radius 1 is 1.23 bits per heavy atom. The Bertz CT molecular complexity index is 1020. The van der Waals surface area contributed by atoms with Gasteiger partial charge in [-0.3, -0.25) is 10.1 Å². The molecule has 8 heteroatoms. The third kappa shape index (κ3) is 3.86. The van der Waals surface area contributed by atoms with Gasteiger partial charge in [-0.1, -0.05) is 25.1 Å². The summed E-state index contributed by atoms with van der Waals surface area (Å²) in [6.07, 6.45) is 2.09. The van der Waals surface area contributed by atoms with Gasteiger partial charge in [0.2, 0.25) is 0 Å². The number of carbonyl (C=O) groups excluding carboxylic acids is 1. The highest BCUT2D eigenvalue weighted by Crippen LogP contribution is 2.25. The van der Waals surface area contributed by atoms with Crippen LogP contribution in [-0.4, -0.2) is 19.3 Å². The Morgan fingerprint density at radius 3 is 2.62 bits per heavy atom. The fourth-order valence-corrected chi connectivity index (χ4v) is 4.80. The Labute approximate surface area is 155 Å². The van der Waals surface area contributed by atoms with E-state index in [0.29, 0.717) is 10.7 Å². The molecule has 0 atom stereocenters. The van der Waals surface area contributed by atoms with Crippen LogP contribution in [0.25, 0.3) is 0 Å². The molecule has 2 heterocycles. The van der Waals surface area contributed by atoms with E-state index in [-0.39, 0.29) is 16.4 Å². The number of nitrogens with one attached hydrogen (secondary N) is 1. The molecule has 0 unspecified atom stereocenters. The number of benzene rings is 1. The summed E-state index contributed by atoms with van der Waals surface area (Å²) in [5.41, 5.74) is 1.24. The number of nitrogens with zero attached hydrogens (tertiary/aromatic N) is 1. The Hall–Kier alpha value is -2.45. The van der Waals surface area contributed by atoms with Gasteiger partial charge in [-0.05, 0) is 31.5 Å². The van der Waals surface area contributed by atoms with Crippen LogP contribution in [0.15, 0.2) is 52.0 Å². The number of aryl methyl sites for hydroxylation is 2. The van der Waals surface area contributed by atoms with Crippen LogP contribution in [0.2, 0.25) is 0 Å². The minimum atomic E-state index is -3.57. The van der Waals surface area contributed by atoms with Crippen molar-refractivity contribution < 1.29 is 17.6 Å². The molecule has 0 radical (unpaired) electrons. The van der Waals surface area contributed by atoms with E-state index in [1.54, 1.807) is 18.2 Å². The maximum absolute atomic E-state index is 12.5. The predicted octanol–water partition coefficient (Wildman–Crippen LogP) is 3.83. The topological polar surface area (TPSA) is 89.3 Å². The van der Waals surface area contributed by atoms with Crippen LogP contribution in [0.4, 0.5) is 5.13 Å². The van der Waals surface area contributed by atoms with E-state index < -0.39 is 15.7 Å². The molecule has 0 spiro atoms. The van der Waals surface area contributed by atoms with Gasteiger partial charge in [-0.25, -0.2) is 13.4 Å². The number of thiazole rings is 1. The lowest BCUT2D eigenvalue weighted by molar-refractivity contribution is 0.0995. The Balaban J connectivity index is 1.80. The predicted molar refractivity (Wildman–Crippen MR) is 100 cm³/mol. The minimum absolute atomic E-state index is 0.0181. The van der Waals surface area contributed by atoms with Crippen LogP contribution in [0.3, 0.4) is 0 Å². The summed E-state index contributed by atoms with van der Waals surface area (Å²) < 4.78 is 30.3. The highest BCUT2D eigenvalue weighted by Gasteiger charge is 2.23. The number of hydrogen-bond acceptors (Lipinski definition) is 6. The largest absolute Gasteiger partial charge is 0.459 e. The first-order valence-corrected chi connectivity index (χ1v) is 10.5. The molecule has 2 aromatic heterocycles. The van der Waals surface area contributed by atoms with E-state index in [4.69, 9.17) is 4.42 Å². The van der Waals surface area contributed by atoms with Gasteiger partial charge < -0.3 is 4.42 Å². The van der Waals surface area contributed by atoms with Crippen LogP contribution in [0.1, 0.15) is 33.6 Å². The van der Waals surface area contributed by atoms with E-state index in [1.807, 2.05) is 13.8 Å². The summed E-state index contributed by atoms with van der Waals surface area (Å²) in [5, 5.41) is 3.16. The van der Waals surface area contributed by atoms with Crippen molar-refractivity contribution >= 4 is 32.2 Å². The zero-order valence-electron chi connectivity index (χ0n) is 14.4. The number of hydrogen-bond donors (Lipinski definition) is 1. The third-order valence-electron chi connectivity index (χ3n) is 3.85. The molecule has 3 aromatic rings.